The summed E-state index contributed by atoms with van der Waals surface area (Å²) in [6.07, 6.45) is -0.256. The van der Waals surface area contributed by atoms with Gasteiger partial charge in [-0.25, -0.2) is 0 Å². The molecule has 31 heavy (non-hydrogen) atoms. The van der Waals surface area contributed by atoms with Crippen LogP contribution in [0.15, 0.2) is 53.1 Å². The van der Waals surface area contributed by atoms with E-state index in [1.165, 1.54) is 0 Å². The van der Waals surface area contributed by atoms with Gasteiger partial charge in [0.1, 0.15) is 5.75 Å². The van der Waals surface area contributed by atoms with Crippen LogP contribution in [0.1, 0.15) is 17.5 Å². The molecule has 11 heteroatoms. The predicted octanol–water partition coefficient (Wildman–Crippen LogP) is -3.83. The van der Waals surface area contributed by atoms with Crippen molar-refractivity contribution in [2.45, 2.75) is 19.4 Å². The standard InChI is InChI=1S/C20H22BrN2O5P.2Na/c21-20-17(12-19(22)24)16-11-15(28-9-4-10-29(25,26)27)7-8-18(16)23(20)13-14-5-2-1-3-6-14;;/h1-3,5-8,11H,4,9-10,12-13H2,(H2,22,24)(H2,25,26,27);;/q;2*+1/p-2. The van der Waals surface area contributed by atoms with Crippen LogP contribution in [0.3, 0.4) is 0 Å². The molecule has 0 radical (unpaired) electrons. The largest absolute Gasteiger partial charge is 1.00 e. The van der Waals surface area contributed by atoms with Crippen LogP contribution in [-0.2, 0) is 22.3 Å². The van der Waals surface area contributed by atoms with Gasteiger partial charge in [-0.3, -0.25) is 4.79 Å². The van der Waals surface area contributed by atoms with Gasteiger partial charge in [-0.05, 0) is 52.3 Å². The molecule has 0 fully saturated rings. The van der Waals surface area contributed by atoms with E-state index in [2.05, 4.69) is 20.5 Å². The van der Waals surface area contributed by atoms with Gasteiger partial charge >= 0.3 is 59.1 Å². The van der Waals surface area contributed by atoms with E-state index < -0.39 is 19.7 Å². The van der Waals surface area contributed by atoms with E-state index in [-0.39, 0.29) is 78.6 Å². The Kier molecular flexibility index (Phi) is 12.1. The summed E-state index contributed by atoms with van der Waals surface area (Å²) in [5.74, 6) is 0.0802. The molecule has 0 atom stereocenters. The van der Waals surface area contributed by atoms with Gasteiger partial charge in [0.25, 0.3) is 0 Å². The molecule has 7 nitrogen and oxygen atoms in total. The van der Waals surface area contributed by atoms with Crippen molar-refractivity contribution in [3.8, 4) is 5.75 Å². The second-order valence-electron chi connectivity index (χ2n) is 6.70. The summed E-state index contributed by atoms with van der Waals surface area (Å²) in [6, 6.07) is 15.4. The second-order valence-corrected chi connectivity index (χ2v) is 9.12. The van der Waals surface area contributed by atoms with Gasteiger partial charge in [0.2, 0.25) is 5.91 Å². The molecule has 0 aliphatic carbocycles. The summed E-state index contributed by atoms with van der Waals surface area (Å²) in [6.45, 7) is 0.718. The number of rotatable bonds is 9. The minimum absolute atomic E-state index is 0. The van der Waals surface area contributed by atoms with Crippen LogP contribution in [0.4, 0.5) is 0 Å². The molecule has 1 aromatic heterocycles. The topological polar surface area (TPSA) is 120 Å². The average molecular weight is 525 g/mol. The minimum atomic E-state index is -4.53. The minimum Gasteiger partial charge on any atom is -0.811 e. The van der Waals surface area contributed by atoms with E-state index in [9.17, 15) is 19.1 Å². The number of benzene rings is 2. The first-order chi connectivity index (χ1) is 13.7. The fourth-order valence-corrected chi connectivity index (χ4v) is 4.36. The Morgan fingerprint density at radius 2 is 1.81 bits per heavy atom. The molecule has 0 saturated heterocycles. The molecule has 0 saturated carbocycles. The molecule has 0 spiro atoms. The molecular weight excluding hydrogens is 505 g/mol. The average Bonchev–Trinajstić information content (AvgIpc) is 2.90. The Labute approximate surface area is 233 Å². The first kappa shape index (κ1) is 28.9. The molecule has 1 heterocycles. The third-order valence-corrected chi connectivity index (χ3v) is 6.22. The van der Waals surface area contributed by atoms with E-state index in [1.807, 2.05) is 36.4 Å². The number of nitrogens with zero attached hydrogens (tertiary/aromatic N) is 1. The maximum atomic E-state index is 11.6. The number of nitrogens with two attached hydrogens (primary N) is 1. The fraction of sp³-hybridized carbons (Fsp3) is 0.250. The van der Waals surface area contributed by atoms with Crippen LogP contribution in [0.25, 0.3) is 10.9 Å². The zero-order valence-corrected chi connectivity index (χ0v) is 24.0. The van der Waals surface area contributed by atoms with Crippen molar-refractivity contribution in [3.05, 3.63) is 64.3 Å². The van der Waals surface area contributed by atoms with Crippen LogP contribution in [0.5, 0.6) is 5.75 Å². The summed E-state index contributed by atoms with van der Waals surface area (Å²) in [4.78, 5) is 33.0. The van der Waals surface area contributed by atoms with Crippen LogP contribution in [-0.4, -0.2) is 23.2 Å². The van der Waals surface area contributed by atoms with Crippen molar-refractivity contribution in [3.63, 3.8) is 0 Å². The number of ether oxygens (including phenoxy) is 1. The summed E-state index contributed by atoms with van der Waals surface area (Å²) in [5, 5.41) is 0.822. The van der Waals surface area contributed by atoms with Crippen molar-refractivity contribution in [1.29, 1.82) is 0 Å². The van der Waals surface area contributed by atoms with Gasteiger partial charge < -0.3 is 29.4 Å². The smallest absolute Gasteiger partial charge is 0.811 e. The molecule has 0 aliphatic rings. The number of amides is 1. The zero-order valence-electron chi connectivity index (χ0n) is 17.5. The number of primary amides is 1. The maximum absolute atomic E-state index is 11.6. The third-order valence-electron chi connectivity index (χ3n) is 4.45. The van der Waals surface area contributed by atoms with Crippen molar-refractivity contribution in [2.24, 2.45) is 5.73 Å². The Hall–Kier alpha value is -0.120. The summed E-state index contributed by atoms with van der Waals surface area (Å²) in [5.41, 5.74) is 8.22. The van der Waals surface area contributed by atoms with Gasteiger partial charge in [-0.2, -0.15) is 0 Å². The van der Waals surface area contributed by atoms with E-state index >= 15 is 0 Å². The molecule has 1 amide bonds. The van der Waals surface area contributed by atoms with Crippen molar-refractivity contribution < 1.29 is 83.0 Å². The van der Waals surface area contributed by atoms with Gasteiger partial charge in [0, 0.05) is 23.0 Å². The molecule has 0 bridgehead atoms. The van der Waals surface area contributed by atoms with Crippen LogP contribution >= 0.6 is 23.5 Å². The molecule has 154 valence electrons. The molecule has 2 N–H and O–H groups in total. The number of halogens is 1. The number of hydrogen-bond donors (Lipinski definition) is 1. The van der Waals surface area contributed by atoms with Crippen molar-refractivity contribution in [2.75, 3.05) is 12.8 Å². The summed E-state index contributed by atoms with van der Waals surface area (Å²) in [7, 11) is -4.53. The van der Waals surface area contributed by atoms with E-state index in [0.717, 1.165) is 26.6 Å². The predicted molar refractivity (Wildman–Crippen MR) is 111 cm³/mol. The Morgan fingerprint density at radius 3 is 2.42 bits per heavy atom. The molecule has 0 unspecified atom stereocenters. The molecule has 0 aliphatic heterocycles. The first-order valence-electron chi connectivity index (χ1n) is 9.01. The normalized spacial score (nSPS) is 10.9. The Morgan fingerprint density at radius 1 is 1.13 bits per heavy atom. The summed E-state index contributed by atoms with van der Waals surface area (Å²) >= 11 is 3.60. The fourth-order valence-electron chi connectivity index (χ4n) is 3.17. The van der Waals surface area contributed by atoms with Gasteiger partial charge in [0.15, 0.2) is 0 Å². The van der Waals surface area contributed by atoms with Crippen LogP contribution in [0, 0.1) is 0 Å². The third kappa shape index (κ3) is 8.31. The maximum Gasteiger partial charge on any atom is 1.00 e. The van der Waals surface area contributed by atoms with Gasteiger partial charge in [0.05, 0.1) is 17.6 Å². The van der Waals surface area contributed by atoms with Gasteiger partial charge in [-0.1, -0.05) is 37.9 Å². The van der Waals surface area contributed by atoms with Crippen LogP contribution < -0.4 is 79.4 Å². The Bertz CT molecular complexity index is 1070. The molecule has 2 aromatic carbocycles. The monoisotopic (exact) mass is 524 g/mol. The number of hydrogen-bond acceptors (Lipinski definition) is 5. The van der Waals surface area contributed by atoms with Gasteiger partial charge in [-0.15, -0.1) is 0 Å². The quantitative estimate of drug-likeness (QED) is 0.175. The van der Waals surface area contributed by atoms with E-state index in [4.69, 9.17) is 10.5 Å². The number of aromatic nitrogens is 1. The summed E-state index contributed by atoms with van der Waals surface area (Å²) < 4.78 is 19.1. The van der Waals surface area contributed by atoms with Crippen molar-refractivity contribution in [1.82, 2.24) is 4.57 Å². The molecular formula is C20H20BrN2Na2O5P. The number of fused-ring (bicyclic) bond motifs is 1. The number of carbonyl (C=O) groups is 1. The van der Waals surface area contributed by atoms with E-state index in [1.54, 1.807) is 12.1 Å². The molecule has 3 aromatic rings. The Balaban J connectivity index is 0.00000240. The first-order valence-corrected chi connectivity index (χ1v) is 11.5. The van der Waals surface area contributed by atoms with Crippen LogP contribution in [0.2, 0.25) is 0 Å². The van der Waals surface area contributed by atoms with Crippen molar-refractivity contribution >= 4 is 40.3 Å². The second kappa shape index (κ2) is 12.9. The van der Waals surface area contributed by atoms with E-state index in [0.29, 0.717) is 12.3 Å². The SMILES string of the molecule is NC(=O)Cc1c(Br)n(Cc2ccccc2)c2ccc(OCCCP(=O)([O-])[O-])cc12.[Na+].[Na+]. The molecule has 3 rings (SSSR count). The zero-order chi connectivity index (χ0) is 21.0. The number of carbonyl (C=O) groups excluding carboxylic acids is 1.